The van der Waals surface area contributed by atoms with E-state index in [-0.39, 0.29) is 5.54 Å². The molecule has 1 aliphatic rings. The SMILES string of the molecule is CN(C)C1(CNc2nc(N)cn3ccnc23)CCC1. The normalized spacial score (nSPS) is 17.6. The molecular formula is C13H20N6. The molecule has 0 radical (unpaired) electrons. The summed E-state index contributed by atoms with van der Waals surface area (Å²) in [7, 11) is 4.28. The Kier molecular flexibility index (Phi) is 2.82. The van der Waals surface area contributed by atoms with Gasteiger partial charge in [-0.2, -0.15) is 0 Å². The maximum absolute atomic E-state index is 5.82. The summed E-state index contributed by atoms with van der Waals surface area (Å²) in [5, 5.41) is 3.42. The molecule has 3 rings (SSSR count). The van der Waals surface area contributed by atoms with Crippen molar-refractivity contribution in [2.24, 2.45) is 0 Å². The molecule has 2 aromatic rings. The lowest BCUT2D eigenvalue weighted by molar-refractivity contribution is 0.0738. The Morgan fingerprint density at radius 1 is 1.47 bits per heavy atom. The van der Waals surface area contributed by atoms with Gasteiger partial charge in [0.25, 0.3) is 0 Å². The van der Waals surface area contributed by atoms with Gasteiger partial charge in [-0.1, -0.05) is 0 Å². The predicted octanol–water partition coefficient (Wildman–Crippen LogP) is 1.21. The minimum absolute atomic E-state index is 0.246. The molecule has 0 aliphatic heterocycles. The van der Waals surface area contributed by atoms with Gasteiger partial charge in [0.05, 0.1) is 6.20 Å². The average Bonchev–Trinajstić information content (AvgIpc) is 2.74. The summed E-state index contributed by atoms with van der Waals surface area (Å²) in [6.07, 6.45) is 9.15. The first-order valence-corrected chi connectivity index (χ1v) is 6.61. The quantitative estimate of drug-likeness (QED) is 0.864. The highest BCUT2D eigenvalue weighted by Gasteiger charge is 2.38. The van der Waals surface area contributed by atoms with E-state index in [1.807, 2.05) is 10.6 Å². The second-order valence-corrected chi connectivity index (χ2v) is 5.50. The van der Waals surface area contributed by atoms with Gasteiger partial charge in [0, 0.05) is 24.5 Å². The molecule has 0 saturated heterocycles. The summed E-state index contributed by atoms with van der Waals surface area (Å²) >= 11 is 0. The van der Waals surface area contributed by atoms with Gasteiger partial charge in [-0.3, -0.25) is 0 Å². The number of nitrogen functional groups attached to an aromatic ring is 1. The summed E-state index contributed by atoms with van der Waals surface area (Å²) in [6.45, 7) is 0.874. The zero-order valence-corrected chi connectivity index (χ0v) is 11.4. The van der Waals surface area contributed by atoms with Crippen molar-refractivity contribution in [3.8, 4) is 0 Å². The standard InChI is InChI=1S/C13H20N6/c1-18(2)13(4-3-5-13)9-16-11-12-15-6-7-19(12)8-10(14)17-11/h6-8H,3-5,9,14H2,1-2H3,(H,16,17). The van der Waals surface area contributed by atoms with Crippen LogP contribution in [-0.4, -0.2) is 45.4 Å². The molecule has 0 aromatic carbocycles. The lowest BCUT2D eigenvalue weighted by Crippen LogP contribution is -2.54. The molecule has 1 saturated carbocycles. The lowest BCUT2D eigenvalue weighted by Gasteiger charge is -2.47. The first-order chi connectivity index (χ1) is 9.11. The number of imidazole rings is 1. The second-order valence-electron chi connectivity index (χ2n) is 5.50. The minimum Gasteiger partial charge on any atom is -0.382 e. The predicted molar refractivity (Wildman–Crippen MR) is 76.2 cm³/mol. The fourth-order valence-corrected chi connectivity index (χ4v) is 2.68. The van der Waals surface area contributed by atoms with Crippen molar-refractivity contribution in [3.05, 3.63) is 18.6 Å². The molecule has 102 valence electrons. The van der Waals surface area contributed by atoms with Gasteiger partial charge in [-0.15, -0.1) is 0 Å². The Bertz CT molecular complexity index is 584. The highest BCUT2D eigenvalue weighted by molar-refractivity contribution is 5.64. The third kappa shape index (κ3) is 2.02. The van der Waals surface area contributed by atoms with E-state index in [4.69, 9.17) is 5.73 Å². The van der Waals surface area contributed by atoms with Crippen molar-refractivity contribution in [3.63, 3.8) is 0 Å². The van der Waals surface area contributed by atoms with Crippen molar-refractivity contribution >= 4 is 17.3 Å². The maximum Gasteiger partial charge on any atom is 0.180 e. The summed E-state index contributed by atoms with van der Waals surface area (Å²) in [6, 6.07) is 0. The van der Waals surface area contributed by atoms with E-state index in [0.717, 1.165) is 18.0 Å². The number of hydrogen-bond donors (Lipinski definition) is 2. The number of likely N-dealkylation sites (N-methyl/N-ethyl adjacent to an activating group) is 1. The van der Waals surface area contributed by atoms with E-state index >= 15 is 0 Å². The van der Waals surface area contributed by atoms with Gasteiger partial charge in [-0.25, -0.2) is 9.97 Å². The highest BCUT2D eigenvalue weighted by atomic mass is 15.2. The zero-order chi connectivity index (χ0) is 13.5. The second kappa shape index (κ2) is 4.38. The molecular weight excluding hydrogens is 240 g/mol. The van der Waals surface area contributed by atoms with Crippen LogP contribution in [0.3, 0.4) is 0 Å². The lowest BCUT2D eigenvalue weighted by atomic mass is 9.75. The molecule has 3 N–H and O–H groups in total. The van der Waals surface area contributed by atoms with Gasteiger partial charge in [0.1, 0.15) is 5.82 Å². The van der Waals surface area contributed by atoms with Gasteiger partial charge >= 0.3 is 0 Å². The Labute approximate surface area is 112 Å². The van der Waals surface area contributed by atoms with E-state index in [1.165, 1.54) is 19.3 Å². The Balaban J connectivity index is 1.83. The monoisotopic (exact) mass is 260 g/mol. The fourth-order valence-electron chi connectivity index (χ4n) is 2.68. The summed E-state index contributed by atoms with van der Waals surface area (Å²) in [5.74, 6) is 1.26. The van der Waals surface area contributed by atoms with Crippen molar-refractivity contribution in [1.82, 2.24) is 19.3 Å². The molecule has 2 heterocycles. The Hall–Kier alpha value is -1.82. The third-order valence-corrected chi connectivity index (χ3v) is 4.21. The van der Waals surface area contributed by atoms with E-state index < -0.39 is 0 Å². The number of fused-ring (bicyclic) bond motifs is 1. The average molecular weight is 260 g/mol. The molecule has 0 unspecified atom stereocenters. The fraction of sp³-hybridized carbons (Fsp3) is 0.538. The number of nitrogens with zero attached hydrogens (tertiary/aromatic N) is 4. The molecule has 0 atom stereocenters. The molecule has 6 heteroatoms. The summed E-state index contributed by atoms with van der Waals surface area (Å²) < 4.78 is 1.90. The van der Waals surface area contributed by atoms with Crippen LogP contribution >= 0.6 is 0 Å². The summed E-state index contributed by atoms with van der Waals surface area (Å²) in [4.78, 5) is 11.0. The molecule has 19 heavy (non-hydrogen) atoms. The van der Waals surface area contributed by atoms with Crippen LogP contribution in [0.4, 0.5) is 11.6 Å². The van der Waals surface area contributed by atoms with E-state index in [2.05, 4.69) is 34.3 Å². The number of rotatable bonds is 4. The highest BCUT2D eigenvalue weighted by Crippen LogP contribution is 2.36. The summed E-state index contributed by atoms with van der Waals surface area (Å²) in [5.41, 5.74) is 6.89. The van der Waals surface area contributed by atoms with Crippen LogP contribution in [0.15, 0.2) is 18.6 Å². The number of hydrogen-bond acceptors (Lipinski definition) is 5. The number of nitrogens with two attached hydrogens (primary N) is 1. The van der Waals surface area contributed by atoms with Crippen molar-refractivity contribution in [2.75, 3.05) is 31.7 Å². The van der Waals surface area contributed by atoms with Gasteiger partial charge in [0.2, 0.25) is 0 Å². The van der Waals surface area contributed by atoms with Crippen LogP contribution in [-0.2, 0) is 0 Å². The van der Waals surface area contributed by atoms with Crippen molar-refractivity contribution < 1.29 is 0 Å². The van der Waals surface area contributed by atoms with Crippen LogP contribution in [0.2, 0.25) is 0 Å². The number of aromatic nitrogens is 3. The van der Waals surface area contributed by atoms with E-state index in [1.54, 1.807) is 12.4 Å². The minimum atomic E-state index is 0.246. The van der Waals surface area contributed by atoms with Crippen LogP contribution in [0.1, 0.15) is 19.3 Å². The Morgan fingerprint density at radius 2 is 2.26 bits per heavy atom. The maximum atomic E-state index is 5.82. The Morgan fingerprint density at radius 3 is 2.89 bits per heavy atom. The smallest absolute Gasteiger partial charge is 0.180 e. The molecule has 1 aliphatic carbocycles. The molecule has 0 bridgehead atoms. The van der Waals surface area contributed by atoms with Crippen LogP contribution < -0.4 is 11.1 Å². The third-order valence-electron chi connectivity index (χ3n) is 4.21. The van der Waals surface area contributed by atoms with E-state index in [0.29, 0.717) is 5.82 Å². The molecule has 6 nitrogen and oxygen atoms in total. The van der Waals surface area contributed by atoms with Gasteiger partial charge in [-0.05, 0) is 33.4 Å². The number of anilines is 2. The van der Waals surface area contributed by atoms with E-state index in [9.17, 15) is 0 Å². The largest absolute Gasteiger partial charge is 0.382 e. The topological polar surface area (TPSA) is 71.5 Å². The molecule has 0 spiro atoms. The number of nitrogens with one attached hydrogen (secondary N) is 1. The molecule has 0 amide bonds. The van der Waals surface area contributed by atoms with Gasteiger partial charge < -0.3 is 20.4 Å². The van der Waals surface area contributed by atoms with Gasteiger partial charge in [0.15, 0.2) is 11.5 Å². The first-order valence-electron chi connectivity index (χ1n) is 6.61. The zero-order valence-electron chi connectivity index (χ0n) is 11.4. The van der Waals surface area contributed by atoms with Crippen LogP contribution in [0.5, 0.6) is 0 Å². The molecule has 1 fully saturated rings. The molecule has 2 aromatic heterocycles. The van der Waals surface area contributed by atoms with Crippen molar-refractivity contribution in [2.45, 2.75) is 24.8 Å². The van der Waals surface area contributed by atoms with Crippen LogP contribution in [0.25, 0.3) is 5.65 Å². The first kappa shape index (κ1) is 12.2. The van der Waals surface area contributed by atoms with Crippen molar-refractivity contribution in [1.29, 1.82) is 0 Å². The van der Waals surface area contributed by atoms with Crippen LogP contribution in [0, 0.1) is 0 Å².